The van der Waals surface area contributed by atoms with Crippen LogP contribution >= 0.6 is 0 Å². The second-order valence-electron chi connectivity index (χ2n) is 4.96. The van der Waals surface area contributed by atoms with E-state index in [1.165, 1.54) is 16.3 Å². The molecule has 1 unspecified atom stereocenters. The molecule has 3 rings (SSSR count). The zero-order valence-corrected chi connectivity index (χ0v) is 12.3. The van der Waals surface area contributed by atoms with E-state index in [2.05, 4.69) is 54.7 Å². The van der Waals surface area contributed by atoms with Crippen LogP contribution in [-0.4, -0.2) is 31.7 Å². The number of morpholine rings is 1. The van der Waals surface area contributed by atoms with Gasteiger partial charge in [0.25, 0.3) is 0 Å². The number of hydrogen-bond acceptors (Lipinski definition) is 3. The minimum Gasteiger partial charge on any atom is -0.367 e. The van der Waals surface area contributed by atoms with E-state index in [1.54, 1.807) is 0 Å². The average Bonchev–Trinajstić information content (AvgIpc) is 2.55. The third-order valence-corrected chi connectivity index (χ3v) is 3.51. The van der Waals surface area contributed by atoms with Gasteiger partial charge in [-0.05, 0) is 22.8 Å². The molecule has 2 aromatic rings. The molecular formula is C17H22N2O2. The van der Waals surface area contributed by atoms with Crippen LogP contribution < -0.4 is 11.1 Å². The van der Waals surface area contributed by atoms with Gasteiger partial charge in [-0.25, -0.2) is 0 Å². The van der Waals surface area contributed by atoms with Crippen molar-refractivity contribution in [3.63, 3.8) is 0 Å². The fraction of sp³-hybridized carbons (Fsp3) is 0.353. The number of nitrogens with one attached hydrogen (secondary N) is 1. The molecule has 0 aliphatic carbocycles. The normalized spacial score (nSPS) is 17.9. The van der Waals surface area contributed by atoms with Gasteiger partial charge >= 0.3 is 0 Å². The maximum atomic E-state index is 10.4. The Morgan fingerprint density at radius 2 is 2.05 bits per heavy atom. The maximum absolute atomic E-state index is 10.4. The van der Waals surface area contributed by atoms with Crippen molar-refractivity contribution in [1.82, 2.24) is 5.32 Å². The molecular weight excluding hydrogens is 264 g/mol. The number of ether oxygens (including phenoxy) is 1. The number of benzene rings is 2. The third kappa shape index (κ3) is 4.28. The molecule has 1 aliphatic heterocycles. The van der Waals surface area contributed by atoms with Crippen LogP contribution in [-0.2, 0) is 16.0 Å². The van der Waals surface area contributed by atoms with Crippen LogP contribution in [0.4, 0.5) is 0 Å². The molecule has 1 saturated heterocycles. The van der Waals surface area contributed by atoms with Crippen molar-refractivity contribution in [3.8, 4) is 0 Å². The van der Waals surface area contributed by atoms with Crippen molar-refractivity contribution in [2.75, 3.05) is 19.7 Å². The van der Waals surface area contributed by atoms with Gasteiger partial charge in [-0.2, -0.15) is 0 Å². The van der Waals surface area contributed by atoms with Gasteiger partial charge in [0.2, 0.25) is 5.91 Å². The van der Waals surface area contributed by atoms with E-state index in [1.807, 2.05) is 0 Å². The number of amides is 1. The summed E-state index contributed by atoms with van der Waals surface area (Å²) in [7, 11) is 0. The van der Waals surface area contributed by atoms with E-state index < -0.39 is 6.10 Å². The number of aryl methyl sites for hydroxylation is 1. The molecule has 0 saturated carbocycles. The van der Waals surface area contributed by atoms with E-state index in [0.717, 1.165) is 13.0 Å². The Morgan fingerprint density at radius 3 is 2.67 bits per heavy atom. The Bertz CT molecular complexity index is 587. The summed E-state index contributed by atoms with van der Waals surface area (Å²) in [5.74, 6) is -0.387. The van der Waals surface area contributed by atoms with E-state index in [4.69, 9.17) is 10.5 Å². The lowest BCUT2D eigenvalue weighted by Crippen LogP contribution is -2.45. The minimum absolute atomic E-state index is 0.387. The molecule has 112 valence electrons. The molecule has 0 spiro atoms. The SMILES string of the molecule is CCc1cccc2ccccc12.NC(=O)C1CNCCO1. The topological polar surface area (TPSA) is 64.4 Å². The first-order chi connectivity index (χ1) is 10.2. The first kappa shape index (κ1) is 15.5. The summed E-state index contributed by atoms with van der Waals surface area (Å²) in [6, 6.07) is 15.0. The van der Waals surface area contributed by atoms with Gasteiger partial charge in [0.15, 0.2) is 0 Å². The van der Waals surface area contributed by atoms with Crippen molar-refractivity contribution in [2.45, 2.75) is 19.4 Å². The predicted octanol–water partition coefficient (Wildman–Crippen LogP) is 1.86. The molecule has 1 heterocycles. The molecule has 21 heavy (non-hydrogen) atoms. The molecule has 0 aromatic heterocycles. The smallest absolute Gasteiger partial charge is 0.247 e. The van der Waals surface area contributed by atoms with Gasteiger partial charge < -0.3 is 15.8 Å². The van der Waals surface area contributed by atoms with Gasteiger partial charge in [0.1, 0.15) is 6.10 Å². The summed E-state index contributed by atoms with van der Waals surface area (Å²) < 4.78 is 5.00. The summed E-state index contributed by atoms with van der Waals surface area (Å²) in [6.07, 6.45) is 0.695. The number of primary amides is 1. The zero-order chi connectivity index (χ0) is 15.1. The number of rotatable bonds is 2. The molecule has 1 aliphatic rings. The Labute approximate surface area is 125 Å². The van der Waals surface area contributed by atoms with Crippen LogP contribution in [0.15, 0.2) is 42.5 Å². The number of fused-ring (bicyclic) bond motifs is 1. The molecule has 0 radical (unpaired) electrons. The predicted molar refractivity (Wildman–Crippen MR) is 85.1 cm³/mol. The molecule has 1 fully saturated rings. The quantitative estimate of drug-likeness (QED) is 0.885. The lowest BCUT2D eigenvalue weighted by atomic mass is 10.0. The van der Waals surface area contributed by atoms with Crippen LogP contribution in [0.25, 0.3) is 10.8 Å². The molecule has 3 N–H and O–H groups in total. The first-order valence-electron chi connectivity index (χ1n) is 7.30. The van der Waals surface area contributed by atoms with Gasteiger partial charge in [-0.3, -0.25) is 4.79 Å². The summed E-state index contributed by atoms with van der Waals surface area (Å²) in [6.45, 7) is 4.13. The van der Waals surface area contributed by atoms with Crippen molar-refractivity contribution < 1.29 is 9.53 Å². The Balaban J connectivity index is 0.000000161. The number of carbonyl (C=O) groups excluding carboxylic acids is 1. The summed E-state index contributed by atoms with van der Waals surface area (Å²) >= 11 is 0. The maximum Gasteiger partial charge on any atom is 0.247 e. The second kappa shape index (κ2) is 7.76. The Morgan fingerprint density at radius 1 is 1.29 bits per heavy atom. The number of nitrogens with two attached hydrogens (primary N) is 1. The summed E-state index contributed by atoms with van der Waals surface area (Å²) in [4.78, 5) is 10.4. The molecule has 1 atom stereocenters. The highest BCUT2D eigenvalue weighted by molar-refractivity contribution is 5.85. The lowest BCUT2D eigenvalue weighted by Gasteiger charge is -2.20. The van der Waals surface area contributed by atoms with Crippen molar-refractivity contribution in [1.29, 1.82) is 0 Å². The van der Waals surface area contributed by atoms with Gasteiger partial charge in [-0.1, -0.05) is 49.4 Å². The highest BCUT2D eigenvalue weighted by Crippen LogP contribution is 2.18. The third-order valence-electron chi connectivity index (χ3n) is 3.51. The van der Waals surface area contributed by atoms with Crippen molar-refractivity contribution >= 4 is 16.7 Å². The first-order valence-corrected chi connectivity index (χ1v) is 7.30. The molecule has 4 heteroatoms. The second-order valence-corrected chi connectivity index (χ2v) is 4.96. The van der Waals surface area contributed by atoms with Crippen LogP contribution in [0.3, 0.4) is 0 Å². The van der Waals surface area contributed by atoms with Crippen molar-refractivity contribution in [3.05, 3.63) is 48.0 Å². The van der Waals surface area contributed by atoms with E-state index in [0.29, 0.717) is 13.2 Å². The van der Waals surface area contributed by atoms with E-state index in [9.17, 15) is 4.79 Å². The number of carbonyl (C=O) groups is 1. The van der Waals surface area contributed by atoms with Gasteiger partial charge in [0.05, 0.1) is 6.61 Å². The van der Waals surface area contributed by atoms with E-state index >= 15 is 0 Å². The molecule has 1 amide bonds. The fourth-order valence-corrected chi connectivity index (χ4v) is 2.35. The Kier molecular flexibility index (Phi) is 5.72. The molecule has 0 bridgehead atoms. The molecule has 2 aromatic carbocycles. The fourth-order valence-electron chi connectivity index (χ4n) is 2.35. The summed E-state index contributed by atoms with van der Waals surface area (Å²) in [5, 5.41) is 5.73. The summed E-state index contributed by atoms with van der Waals surface area (Å²) in [5.41, 5.74) is 6.40. The zero-order valence-electron chi connectivity index (χ0n) is 12.3. The highest BCUT2D eigenvalue weighted by atomic mass is 16.5. The molecule has 4 nitrogen and oxygen atoms in total. The Hall–Kier alpha value is -1.91. The van der Waals surface area contributed by atoms with Crippen LogP contribution in [0, 0.1) is 0 Å². The highest BCUT2D eigenvalue weighted by Gasteiger charge is 2.17. The minimum atomic E-state index is -0.418. The standard InChI is InChI=1S/C12H12.C5H10N2O2/c1-2-10-7-5-8-11-6-3-4-9-12(10)11;6-5(8)4-3-7-1-2-9-4/h3-9H,2H2,1H3;4,7H,1-3H2,(H2,6,8). The monoisotopic (exact) mass is 286 g/mol. The van der Waals surface area contributed by atoms with Crippen LogP contribution in [0.2, 0.25) is 0 Å². The van der Waals surface area contributed by atoms with Crippen LogP contribution in [0.5, 0.6) is 0 Å². The van der Waals surface area contributed by atoms with Gasteiger partial charge in [0, 0.05) is 13.1 Å². The van der Waals surface area contributed by atoms with Crippen LogP contribution in [0.1, 0.15) is 12.5 Å². The van der Waals surface area contributed by atoms with Gasteiger partial charge in [-0.15, -0.1) is 0 Å². The lowest BCUT2D eigenvalue weighted by molar-refractivity contribution is -0.130. The largest absolute Gasteiger partial charge is 0.367 e. The van der Waals surface area contributed by atoms with Crippen molar-refractivity contribution in [2.24, 2.45) is 5.73 Å². The average molecular weight is 286 g/mol. The van der Waals surface area contributed by atoms with E-state index in [-0.39, 0.29) is 5.91 Å². The number of hydrogen-bond donors (Lipinski definition) is 2.